The number of hydrogen-bond donors (Lipinski definition) is 1. The summed E-state index contributed by atoms with van der Waals surface area (Å²) in [4.78, 5) is 35.1. The molecule has 22 heavy (non-hydrogen) atoms. The largest absolute Gasteiger partial charge is 0.346 e. The van der Waals surface area contributed by atoms with Crippen molar-refractivity contribution in [2.75, 3.05) is 11.9 Å². The zero-order chi connectivity index (χ0) is 15.7. The Balaban J connectivity index is 1.95. The van der Waals surface area contributed by atoms with Gasteiger partial charge >= 0.3 is 5.69 Å². The number of nitro groups is 1. The number of pyridine rings is 1. The standard InChI is InChI=1S/C13H11N5O3S/c1-17(12-9(18(20)21)3-2-5-14-12)7-10-15-8-4-6-22-11(8)13(19)16-10/h2-6H,7H2,1H3,(H,15,16,19). The highest BCUT2D eigenvalue weighted by Crippen LogP contribution is 2.24. The molecule has 3 heterocycles. The van der Waals surface area contributed by atoms with Crippen molar-refractivity contribution in [2.24, 2.45) is 0 Å². The summed E-state index contributed by atoms with van der Waals surface area (Å²) in [5.41, 5.74) is 0.315. The SMILES string of the molecule is CN(Cc1nc2ccsc2c(=O)[nH]1)c1ncccc1[N+](=O)[O-]. The Kier molecular flexibility index (Phi) is 3.55. The molecule has 0 atom stereocenters. The molecule has 3 aromatic rings. The molecule has 0 unspecified atom stereocenters. The quantitative estimate of drug-likeness (QED) is 0.582. The number of fused-ring (bicyclic) bond motifs is 1. The van der Waals surface area contributed by atoms with Gasteiger partial charge < -0.3 is 9.88 Å². The molecular formula is C13H11N5O3S. The molecule has 0 aliphatic rings. The van der Waals surface area contributed by atoms with Gasteiger partial charge in [0.1, 0.15) is 10.5 Å². The molecule has 8 nitrogen and oxygen atoms in total. The van der Waals surface area contributed by atoms with Crippen molar-refractivity contribution in [2.45, 2.75) is 6.54 Å². The van der Waals surface area contributed by atoms with E-state index in [4.69, 9.17) is 0 Å². The van der Waals surface area contributed by atoms with Crippen molar-refractivity contribution < 1.29 is 4.92 Å². The van der Waals surface area contributed by atoms with Crippen molar-refractivity contribution >= 4 is 33.1 Å². The topological polar surface area (TPSA) is 105 Å². The van der Waals surface area contributed by atoms with E-state index in [1.54, 1.807) is 23.4 Å². The van der Waals surface area contributed by atoms with E-state index in [0.717, 1.165) is 0 Å². The van der Waals surface area contributed by atoms with Gasteiger partial charge in [0.25, 0.3) is 5.56 Å². The van der Waals surface area contributed by atoms with Crippen LogP contribution in [-0.2, 0) is 6.54 Å². The van der Waals surface area contributed by atoms with Gasteiger partial charge in [-0.25, -0.2) is 9.97 Å². The average Bonchev–Trinajstić information content (AvgIpc) is 2.96. The number of hydrogen-bond acceptors (Lipinski definition) is 7. The zero-order valence-corrected chi connectivity index (χ0v) is 12.3. The van der Waals surface area contributed by atoms with E-state index < -0.39 is 4.92 Å². The molecule has 0 amide bonds. The van der Waals surface area contributed by atoms with Crippen LogP contribution < -0.4 is 10.5 Å². The van der Waals surface area contributed by atoms with Crippen LogP contribution in [0, 0.1) is 10.1 Å². The third-order valence-electron chi connectivity index (χ3n) is 3.08. The molecule has 0 aromatic carbocycles. The van der Waals surface area contributed by atoms with Gasteiger partial charge in [-0.05, 0) is 17.5 Å². The number of nitrogens with one attached hydrogen (secondary N) is 1. The van der Waals surface area contributed by atoms with E-state index in [2.05, 4.69) is 15.0 Å². The molecule has 3 rings (SSSR count). The van der Waals surface area contributed by atoms with Crippen LogP contribution in [0.5, 0.6) is 0 Å². The Morgan fingerprint density at radius 1 is 1.45 bits per heavy atom. The fourth-order valence-electron chi connectivity index (χ4n) is 2.12. The summed E-state index contributed by atoms with van der Waals surface area (Å²) in [6.45, 7) is 0.207. The van der Waals surface area contributed by atoms with Crippen LogP contribution >= 0.6 is 11.3 Å². The first kappa shape index (κ1) is 14.1. The van der Waals surface area contributed by atoms with E-state index in [1.807, 2.05) is 0 Å². The summed E-state index contributed by atoms with van der Waals surface area (Å²) in [6.07, 6.45) is 1.48. The molecule has 0 fully saturated rings. The van der Waals surface area contributed by atoms with Crippen molar-refractivity contribution in [1.82, 2.24) is 15.0 Å². The van der Waals surface area contributed by atoms with Crippen LogP contribution in [0.3, 0.4) is 0 Å². The second kappa shape index (κ2) is 5.53. The van der Waals surface area contributed by atoms with E-state index in [1.165, 1.54) is 29.7 Å². The Morgan fingerprint density at radius 3 is 3.05 bits per heavy atom. The molecule has 0 aliphatic heterocycles. The molecule has 0 spiro atoms. The van der Waals surface area contributed by atoms with Gasteiger partial charge in [0, 0.05) is 19.3 Å². The Labute approximate surface area is 128 Å². The maximum absolute atomic E-state index is 11.9. The number of aromatic nitrogens is 3. The highest BCUT2D eigenvalue weighted by atomic mass is 32.1. The van der Waals surface area contributed by atoms with Crippen molar-refractivity contribution in [1.29, 1.82) is 0 Å². The molecule has 0 saturated carbocycles. The minimum Gasteiger partial charge on any atom is -0.346 e. The maximum atomic E-state index is 11.9. The van der Waals surface area contributed by atoms with Crippen LogP contribution in [0.1, 0.15) is 5.82 Å². The van der Waals surface area contributed by atoms with Crippen LogP contribution in [0.4, 0.5) is 11.5 Å². The molecule has 0 saturated heterocycles. The summed E-state index contributed by atoms with van der Waals surface area (Å²) >= 11 is 1.32. The highest BCUT2D eigenvalue weighted by Gasteiger charge is 2.19. The number of aromatic amines is 1. The van der Waals surface area contributed by atoms with E-state index >= 15 is 0 Å². The second-order valence-corrected chi connectivity index (χ2v) is 5.52. The normalized spacial score (nSPS) is 10.8. The third-order valence-corrected chi connectivity index (χ3v) is 3.98. The minimum absolute atomic E-state index is 0.0936. The van der Waals surface area contributed by atoms with Gasteiger partial charge in [-0.15, -0.1) is 11.3 Å². The first-order chi connectivity index (χ1) is 10.6. The number of thiophene rings is 1. The fourth-order valence-corrected chi connectivity index (χ4v) is 2.85. The Hall–Kier alpha value is -2.81. The Morgan fingerprint density at radius 2 is 2.27 bits per heavy atom. The summed E-state index contributed by atoms with van der Waals surface area (Å²) in [6, 6.07) is 4.66. The maximum Gasteiger partial charge on any atom is 0.311 e. The first-order valence-corrected chi connectivity index (χ1v) is 7.21. The number of rotatable bonds is 4. The lowest BCUT2D eigenvalue weighted by Gasteiger charge is -2.16. The van der Waals surface area contributed by atoms with Gasteiger partial charge in [0.05, 0.1) is 17.0 Å². The van der Waals surface area contributed by atoms with Crippen molar-refractivity contribution in [3.05, 3.63) is 56.1 Å². The van der Waals surface area contributed by atoms with E-state index in [-0.39, 0.29) is 23.6 Å². The van der Waals surface area contributed by atoms with Crippen LogP contribution in [0.25, 0.3) is 10.2 Å². The van der Waals surface area contributed by atoms with Crippen LogP contribution in [0.15, 0.2) is 34.6 Å². The lowest BCUT2D eigenvalue weighted by molar-refractivity contribution is -0.384. The zero-order valence-electron chi connectivity index (χ0n) is 11.5. The molecular weight excluding hydrogens is 306 g/mol. The number of H-pyrrole nitrogens is 1. The summed E-state index contributed by atoms with van der Waals surface area (Å²) in [5, 5.41) is 12.8. The third kappa shape index (κ3) is 2.53. The average molecular weight is 317 g/mol. The molecule has 1 N–H and O–H groups in total. The molecule has 0 aliphatic carbocycles. The lowest BCUT2D eigenvalue weighted by Crippen LogP contribution is -2.22. The monoisotopic (exact) mass is 317 g/mol. The van der Waals surface area contributed by atoms with Gasteiger partial charge in [-0.3, -0.25) is 14.9 Å². The lowest BCUT2D eigenvalue weighted by atomic mass is 10.3. The molecule has 112 valence electrons. The number of nitrogens with zero attached hydrogens (tertiary/aromatic N) is 4. The summed E-state index contributed by atoms with van der Waals surface area (Å²) < 4.78 is 0.565. The van der Waals surface area contributed by atoms with Crippen LogP contribution in [0.2, 0.25) is 0 Å². The van der Waals surface area contributed by atoms with Gasteiger partial charge in [0.2, 0.25) is 5.82 Å². The van der Waals surface area contributed by atoms with Gasteiger partial charge in [0.15, 0.2) is 0 Å². The molecule has 9 heteroatoms. The van der Waals surface area contributed by atoms with Gasteiger partial charge in [-0.1, -0.05) is 0 Å². The van der Waals surface area contributed by atoms with Crippen molar-refractivity contribution in [3.63, 3.8) is 0 Å². The Bertz CT molecular complexity index is 904. The summed E-state index contributed by atoms with van der Waals surface area (Å²) in [5.74, 6) is 0.652. The predicted octanol–water partition coefficient (Wildman–Crippen LogP) is 1.92. The minimum atomic E-state index is -0.489. The number of anilines is 1. The van der Waals surface area contributed by atoms with Crippen molar-refractivity contribution in [3.8, 4) is 0 Å². The highest BCUT2D eigenvalue weighted by molar-refractivity contribution is 7.17. The van der Waals surface area contributed by atoms with E-state index in [0.29, 0.717) is 16.0 Å². The fraction of sp³-hybridized carbons (Fsp3) is 0.154. The molecule has 3 aromatic heterocycles. The smallest absolute Gasteiger partial charge is 0.311 e. The summed E-state index contributed by atoms with van der Waals surface area (Å²) in [7, 11) is 1.66. The predicted molar refractivity (Wildman–Crippen MR) is 83.2 cm³/mol. The van der Waals surface area contributed by atoms with Crippen LogP contribution in [-0.4, -0.2) is 26.9 Å². The van der Waals surface area contributed by atoms with E-state index in [9.17, 15) is 14.9 Å². The second-order valence-electron chi connectivity index (χ2n) is 4.61. The molecule has 0 radical (unpaired) electrons. The first-order valence-electron chi connectivity index (χ1n) is 6.33. The van der Waals surface area contributed by atoms with Gasteiger partial charge in [-0.2, -0.15) is 0 Å². The molecule has 0 bridgehead atoms.